The van der Waals surface area contributed by atoms with E-state index >= 15 is 0 Å². The van der Waals surface area contributed by atoms with Crippen molar-refractivity contribution in [1.29, 1.82) is 0 Å². The Morgan fingerprint density at radius 3 is 2.46 bits per heavy atom. The molecule has 0 bridgehead atoms. The van der Waals surface area contributed by atoms with E-state index < -0.39 is 0 Å². The lowest BCUT2D eigenvalue weighted by atomic mass is 10.1. The minimum Gasteiger partial charge on any atom is -0.496 e. The highest BCUT2D eigenvalue weighted by Gasteiger charge is 2.14. The van der Waals surface area contributed by atoms with Gasteiger partial charge in [0.05, 0.1) is 13.7 Å². The normalized spacial score (nSPS) is 10.3. The number of halogens is 1. The number of methoxy groups -OCH3 is 1. The Kier molecular flexibility index (Phi) is 7.14. The Hall–Kier alpha value is -2.89. The summed E-state index contributed by atoms with van der Waals surface area (Å²) in [5, 5.41) is 2.80. The largest absolute Gasteiger partial charge is 0.496 e. The van der Waals surface area contributed by atoms with Gasteiger partial charge in [-0.25, -0.2) is 4.39 Å². The standard InChI is InChI=1S/C20H23FN2O3/c1-15(24)23(12-11-16-7-9-18(21)10-8-16)14-20(25)22-13-17-5-3-4-6-19(17)26-2/h3-10H,11-14H2,1-2H3,(H,22,25). The molecule has 0 atom stereocenters. The van der Waals surface area contributed by atoms with Crippen LogP contribution in [0.1, 0.15) is 18.1 Å². The SMILES string of the molecule is COc1ccccc1CNC(=O)CN(CCc1ccc(F)cc1)C(C)=O. The first kappa shape index (κ1) is 19.4. The van der Waals surface area contributed by atoms with Gasteiger partial charge in [0, 0.05) is 25.6 Å². The van der Waals surface area contributed by atoms with E-state index in [-0.39, 0.29) is 24.2 Å². The van der Waals surface area contributed by atoms with Crippen molar-refractivity contribution in [2.24, 2.45) is 0 Å². The van der Waals surface area contributed by atoms with E-state index in [1.807, 2.05) is 24.3 Å². The van der Waals surface area contributed by atoms with Crippen LogP contribution in [0.4, 0.5) is 4.39 Å². The molecule has 6 heteroatoms. The number of para-hydroxylation sites is 1. The molecule has 2 aromatic rings. The van der Waals surface area contributed by atoms with Gasteiger partial charge in [-0.05, 0) is 30.2 Å². The number of nitrogens with one attached hydrogen (secondary N) is 1. The number of amides is 2. The minimum absolute atomic E-state index is 0.0221. The molecule has 5 nitrogen and oxygen atoms in total. The van der Waals surface area contributed by atoms with Crippen LogP contribution in [-0.2, 0) is 22.6 Å². The zero-order valence-electron chi connectivity index (χ0n) is 15.0. The topological polar surface area (TPSA) is 58.6 Å². The fraction of sp³-hybridized carbons (Fsp3) is 0.300. The maximum atomic E-state index is 12.9. The van der Waals surface area contributed by atoms with Gasteiger partial charge in [0.25, 0.3) is 0 Å². The van der Waals surface area contributed by atoms with Crippen LogP contribution in [0, 0.1) is 5.82 Å². The summed E-state index contributed by atoms with van der Waals surface area (Å²) in [4.78, 5) is 25.5. The van der Waals surface area contributed by atoms with Gasteiger partial charge in [-0.2, -0.15) is 0 Å². The molecule has 2 aromatic carbocycles. The lowest BCUT2D eigenvalue weighted by molar-refractivity contribution is -0.134. The van der Waals surface area contributed by atoms with E-state index in [2.05, 4.69) is 5.32 Å². The molecular formula is C20H23FN2O3. The highest BCUT2D eigenvalue weighted by molar-refractivity contribution is 5.83. The number of carbonyl (C=O) groups excluding carboxylic acids is 2. The molecule has 0 saturated carbocycles. The summed E-state index contributed by atoms with van der Waals surface area (Å²) < 4.78 is 18.2. The maximum absolute atomic E-state index is 12.9. The molecule has 138 valence electrons. The van der Waals surface area contributed by atoms with Crippen molar-refractivity contribution in [2.45, 2.75) is 19.9 Å². The molecule has 0 aliphatic rings. The van der Waals surface area contributed by atoms with Crippen LogP contribution in [0.2, 0.25) is 0 Å². The molecule has 0 aromatic heterocycles. The first-order valence-electron chi connectivity index (χ1n) is 8.38. The fourth-order valence-corrected chi connectivity index (χ4v) is 2.54. The number of hydrogen-bond donors (Lipinski definition) is 1. The van der Waals surface area contributed by atoms with Gasteiger partial charge in [-0.3, -0.25) is 9.59 Å². The maximum Gasteiger partial charge on any atom is 0.239 e. The van der Waals surface area contributed by atoms with Crippen molar-refractivity contribution in [2.75, 3.05) is 20.2 Å². The van der Waals surface area contributed by atoms with E-state index in [0.717, 1.165) is 11.1 Å². The molecule has 0 unspecified atom stereocenters. The number of rotatable bonds is 8. The predicted octanol–water partition coefficient (Wildman–Crippen LogP) is 2.54. The molecule has 1 N–H and O–H groups in total. The van der Waals surface area contributed by atoms with Crippen LogP contribution in [0.25, 0.3) is 0 Å². The third-order valence-corrected chi connectivity index (χ3v) is 4.03. The molecular weight excluding hydrogens is 335 g/mol. The summed E-state index contributed by atoms with van der Waals surface area (Å²) in [6, 6.07) is 13.5. The van der Waals surface area contributed by atoms with Crippen molar-refractivity contribution in [1.82, 2.24) is 10.2 Å². The summed E-state index contributed by atoms with van der Waals surface area (Å²) >= 11 is 0. The number of hydrogen-bond acceptors (Lipinski definition) is 3. The molecule has 0 aliphatic carbocycles. The first-order valence-corrected chi connectivity index (χ1v) is 8.38. The second-order valence-electron chi connectivity index (χ2n) is 5.91. The van der Waals surface area contributed by atoms with Crippen LogP contribution < -0.4 is 10.1 Å². The average Bonchev–Trinajstić information content (AvgIpc) is 2.64. The first-order chi connectivity index (χ1) is 12.5. The van der Waals surface area contributed by atoms with Crippen molar-refractivity contribution < 1.29 is 18.7 Å². The smallest absolute Gasteiger partial charge is 0.239 e. The van der Waals surface area contributed by atoms with Crippen molar-refractivity contribution in [3.05, 3.63) is 65.5 Å². The Morgan fingerprint density at radius 2 is 1.81 bits per heavy atom. The van der Waals surface area contributed by atoms with Crippen LogP contribution in [0.15, 0.2) is 48.5 Å². The van der Waals surface area contributed by atoms with Gasteiger partial charge in [-0.15, -0.1) is 0 Å². The second kappa shape index (κ2) is 9.56. The minimum atomic E-state index is -0.298. The van der Waals surface area contributed by atoms with E-state index in [1.165, 1.54) is 24.0 Å². The van der Waals surface area contributed by atoms with Gasteiger partial charge >= 0.3 is 0 Å². The van der Waals surface area contributed by atoms with E-state index in [1.54, 1.807) is 19.2 Å². The van der Waals surface area contributed by atoms with E-state index in [0.29, 0.717) is 25.3 Å². The second-order valence-corrected chi connectivity index (χ2v) is 5.91. The molecule has 26 heavy (non-hydrogen) atoms. The summed E-state index contributed by atoms with van der Waals surface area (Å²) in [6.45, 7) is 2.12. The van der Waals surface area contributed by atoms with Gasteiger partial charge in [0.1, 0.15) is 11.6 Å². The lowest BCUT2D eigenvalue weighted by Gasteiger charge is -2.20. The van der Waals surface area contributed by atoms with Crippen LogP contribution in [0.3, 0.4) is 0 Å². The third kappa shape index (κ3) is 5.88. The van der Waals surface area contributed by atoms with Crippen molar-refractivity contribution >= 4 is 11.8 Å². The van der Waals surface area contributed by atoms with Crippen molar-refractivity contribution in [3.63, 3.8) is 0 Å². The quantitative estimate of drug-likeness (QED) is 0.789. The van der Waals surface area contributed by atoms with Crippen LogP contribution in [-0.4, -0.2) is 36.9 Å². The number of nitrogens with zero attached hydrogens (tertiary/aromatic N) is 1. The molecule has 0 heterocycles. The predicted molar refractivity (Wildman–Crippen MR) is 97.2 cm³/mol. The van der Waals surface area contributed by atoms with Crippen LogP contribution >= 0.6 is 0 Å². The highest BCUT2D eigenvalue weighted by atomic mass is 19.1. The van der Waals surface area contributed by atoms with Gasteiger partial charge in [-0.1, -0.05) is 30.3 Å². The zero-order valence-corrected chi connectivity index (χ0v) is 15.0. The van der Waals surface area contributed by atoms with E-state index in [9.17, 15) is 14.0 Å². The molecule has 2 amide bonds. The number of carbonyl (C=O) groups is 2. The van der Waals surface area contributed by atoms with Gasteiger partial charge in [0.15, 0.2) is 0 Å². The highest BCUT2D eigenvalue weighted by Crippen LogP contribution is 2.16. The summed E-state index contributed by atoms with van der Waals surface area (Å²) in [6.07, 6.45) is 0.555. The Bertz CT molecular complexity index is 747. The molecule has 0 radical (unpaired) electrons. The third-order valence-electron chi connectivity index (χ3n) is 4.03. The van der Waals surface area contributed by atoms with E-state index in [4.69, 9.17) is 4.74 Å². The van der Waals surface area contributed by atoms with Crippen LogP contribution in [0.5, 0.6) is 5.75 Å². The molecule has 0 fully saturated rings. The van der Waals surface area contributed by atoms with Crippen molar-refractivity contribution in [3.8, 4) is 5.75 Å². The number of benzene rings is 2. The molecule has 0 aliphatic heterocycles. The summed E-state index contributed by atoms with van der Waals surface area (Å²) in [5.41, 5.74) is 1.77. The monoisotopic (exact) mass is 358 g/mol. The summed E-state index contributed by atoms with van der Waals surface area (Å²) in [5.74, 6) is -0.0230. The Morgan fingerprint density at radius 1 is 1.12 bits per heavy atom. The summed E-state index contributed by atoms with van der Waals surface area (Å²) in [7, 11) is 1.58. The number of ether oxygens (including phenoxy) is 1. The van der Waals surface area contributed by atoms with Gasteiger partial charge in [0.2, 0.25) is 11.8 Å². The Labute approximate surface area is 152 Å². The Balaban J connectivity index is 1.87. The fourth-order valence-electron chi connectivity index (χ4n) is 2.54. The lowest BCUT2D eigenvalue weighted by Crippen LogP contribution is -2.40. The molecule has 2 rings (SSSR count). The molecule has 0 saturated heterocycles. The van der Waals surface area contributed by atoms with Gasteiger partial charge < -0.3 is 15.0 Å². The average molecular weight is 358 g/mol. The molecule has 0 spiro atoms. The zero-order chi connectivity index (χ0) is 18.9.